The van der Waals surface area contributed by atoms with E-state index in [1.807, 2.05) is 0 Å². The summed E-state index contributed by atoms with van der Waals surface area (Å²) in [6, 6.07) is 0. The molecule has 0 heterocycles. The van der Waals surface area contributed by atoms with E-state index < -0.39 is 0 Å². The van der Waals surface area contributed by atoms with Gasteiger partial charge in [-0.2, -0.15) is 0 Å². The Hall–Kier alpha value is -1.03. The van der Waals surface area contributed by atoms with Crippen LogP contribution in [0.3, 0.4) is 0 Å². The number of nitrogens with zero attached hydrogens (tertiary/aromatic N) is 6. The molecule has 0 aromatic carbocycles. The zero-order valence-corrected chi connectivity index (χ0v) is 12.0. The van der Waals surface area contributed by atoms with Crippen LogP contribution < -0.4 is 29.6 Å². The Balaban J connectivity index is -0.00000000321. The number of hydrogen-bond acceptors (Lipinski definition) is 6. The zero-order chi connectivity index (χ0) is 12.0. The Morgan fingerprint density at radius 3 is 0.467 bits per heavy atom. The van der Waals surface area contributed by atoms with Crippen molar-refractivity contribution in [3.05, 3.63) is 0 Å². The molecule has 15 heavy (non-hydrogen) atoms. The SMILES string of the molecule is C#N.C#N.C#N.C#N.C#N.C#N.[Co].[Fe].[H-].[Na+]. The first-order valence-corrected chi connectivity index (χ1v) is 1.55. The molecule has 0 aromatic heterocycles. The summed E-state index contributed by atoms with van der Waals surface area (Å²) in [5.74, 6) is 0. The van der Waals surface area contributed by atoms with Crippen molar-refractivity contribution < 1.29 is 64.8 Å². The summed E-state index contributed by atoms with van der Waals surface area (Å²) in [6.45, 7) is 21.0. The van der Waals surface area contributed by atoms with Gasteiger partial charge in [0.25, 0.3) is 0 Å². The second-order valence-corrected chi connectivity index (χ2v) is 0. The summed E-state index contributed by atoms with van der Waals surface area (Å²) in [4.78, 5) is 0. The van der Waals surface area contributed by atoms with E-state index in [9.17, 15) is 0 Å². The van der Waals surface area contributed by atoms with E-state index in [1.165, 1.54) is 0 Å². The van der Waals surface area contributed by atoms with Crippen LogP contribution in [0.2, 0.25) is 0 Å². The Bertz CT molecular complexity index is 108. The van der Waals surface area contributed by atoms with Crippen molar-refractivity contribution in [2.24, 2.45) is 0 Å². The number of nitriles is 6. The molecule has 79 valence electrons. The number of hydrogen-bond donors (Lipinski definition) is 0. The molecule has 0 atom stereocenters. The minimum atomic E-state index is 0. The maximum atomic E-state index is 6.50. The fourth-order valence-electron chi connectivity index (χ4n) is 0. The van der Waals surface area contributed by atoms with E-state index in [-0.39, 0.29) is 64.8 Å². The summed E-state index contributed by atoms with van der Waals surface area (Å²) < 4.78 is 0. The molecule has 0 rings (SSSR count). The van der Waals surface area contributed by atoms with Crippen molar-refractivity contribution in [1.29, 1.82) is 31.6 Å². The molecule has 0 N–H and O–H groups in total. The standard InChI is InChI=1S/6CHN.Co.Fe.Na.H/c6*1-2;;;;/h6*1H;;;;/q;;;;;;;;+1;-1. The van der Waals surface area contributed by atoms with Crippen LogP contribution in [0.1, 0.15) is 1.43 Å². The Morgan fingerprint density at radius 2 is 0.467 bits per heavy atom. The van der Waals surface area contributed by atoms with Gasteiger partial charge in [0.2, 0.25) is 0 Å². The van der Waals surface area contributed by atoms with E-state index in [0.717, 1.165) is 0 Å². The van der Waals surface area contributed by atoms with Gasteiger partial charge in [-0.1, -0.05) is 0 Å². The average molecular weight is 301 g/mol. The summed E-state index contributed by atoms with van der Waals surface area (Å²) in [7, 11) is 0. The summed E-state index contributed by atoms with van der Waals surface area (Å²) in [5.41, 5.74) is 0. The average Bonchev–Trinajstić information content (AvgIpc) is 2.33. The molecule has 0 amide bonds. The molecule has 0 aliphatic carbocycles. The van der Waals surface area contributed by atoms with E-state index >= 15 is 0 Å². The van der Waals surface area contributed by atoms with Gasteiger partial charge >= 0.3 is 29.6 Å². The molecule has 0 fully saturated rings. The van der Waals surface area contributed by atoms with E-state index in [0.29, 0.717) is 0 Å². The third-order valence-corrected chi connectivity index (χ3v) is 0. The normalized spacial score (nSPS) is 0.800. The number of rotatable bonds is 0. The second-order valence-electron chi connectivity index (χ2n) is 0. The van der Waals surface area contributed by atoms with Crippen LogP contribution in [0.5, 0.6) is 0 Å². The van der Waals surface area contributed by atoms with Crippen LogP contribution in [0.25, 0.3) is 0 Å². The van der Waals surface area contributed by atoms with Gasteiger partial charge in [-0.15, -0.1) is 0 Å². The van der Waals surface area contributed by atoms with Crippen LogP contribution in [0.4, 0.5) is 0 Å². The second kappa shape index (κ2) is 1740. The summed E-state index contributed by atoms with van der Waals surface area (Å²) in [6.07, 6.45) is 0. The Kier molecular flexibility index (Phi) is 11000. The monoisotopic (exact) mass is 301 g/mol. The smallest absolute Gasteiger partial charge is 1.00 e. The van der Waals surface area contributed by atoms with Gasteiger partial charge in [0.1, 0.15) is 0 Å². The van der Waals surface area contributed by atoms with Gasteiger partial charge in [-0.3, -0.25) is 0 Å². The van der Waals surface area contributed by atoms with Gasteiger partial charge in [-0.25, -0.2) is 31.6 Å². The van der Waals surface area contributed by atoms with Crippen LogP contribution >= 0.6 is 0 Å². The van der Waals surface area contributed by atoms with Crippen molar-refractivity contribution in [3.8, 4) is 39.4 Å². The predicted molar refractivity (Wildman–Crippen MR) is 41.1 cm³/mol. The molecule has 0 saturated heterocycles. The van der Waals surface area contributed by atoms with Gasteiger partial charge in [0.15, 0.2) is 0 Å². The Morgan fingerprint density at radius 1 is 0.467 bits per heavy atom. The van der Waals surface area contributed by atoms with E-state index in [2.05, 4.69) is 39.4 Å². The molecule has 6 nitrogen and oxygen atoms in total. The third kappa shape index (κ3) is 1460. The van der Waals surface area contributed by atoms with Crippen LogP contribution in [-0.2, 0) is 33.8 Å². The van der Waals surface area contributed by atoms with Crippen LogP contribution in [-0.4, -0.2) is 0 Å². The predicted octanol–water partition coefficient (Wildman–Crippen LogP) is -2.05. The molecule has 1 radical (unpaired) electrons. The zero-order valence-electron chi connectivity index (χ0n) is 8.83. The molecule has 0 saturated carbocycles. The molecule has 9 heteroatoms. The molecular weight excluding hydrogens is 294 g/mol. The largest absolute Gasteiger partial charge is 1.00 e. The minimum absolute atomic E-state index is 0. The first kappa shape index (κ1) is 95.2. The summed E-state index contributed by atoms with van der Waals surface area (Å²) >= 11 is 0. The maximum Gasteiger partial charge on any atom is 1.00 e. The van der Waals surface area contributed by atoms with Crippen LogP contribution in [0, 0.1) is 71.0 Å². The van der Waals surface area contributed by atoms with Crippen LogP contribution in [0.15, 0.2) is 0 Å². The summed E-state index contributed by atoms with van der Waals surface area (Å²) in [5, 5.41) is 39.0. The fraction of sp³-hybridized carbons (Fsp3) is 0. The first-order chi connectivity index (χ1) is 6.00. The molecule has 0 bridgehead atoms. The van der Waals surface area contributed by atoms with Crippen molar-refractivity contribution in [1.82, 2.24) is 0 Å². The van der Waals surface area contributed by atoms with Gasteiger partial charge < -0.3 is 1.43 Å². The molecule has 0 unspecified atom stereocenters. The quantitative estimate of drug-likeness (QED) is 0.471. The Labute approximate surface area is 135 Å². The van der Waals surface area contributed by atoms with Gasteiger partial charge in [-0.05, 0) is 0 Å². The van der Waals surface area contributed by atoms with Crippen molar-refractivity contribution in [2.75, 3.05) is 0 Å². The van der Waals surface area contributed by atoms with E-state index in [1.54, 1.807) is 0 Å². The molecule has 0 aliphatic rings. The fourth-order valence-corrected chi connectivity index (χ4v) is 0. The molecule has 0 spiro atoms. The van der Waals surface area contributed by atoms with Gasteiger partial charge in [0, 0.05) is 73.3 Å². The molecular formula is C6H7CoFeN6Na. The van der Waals surface area contributed by atoms with Crippen molar-refractivity contribution >= 4 is 0 Å². The van der Waals surface area contributed by atoms with Crippen molar-refractivity contribution in [2.45, 2.75) is 0 Å². The maximum absolute atomic E-state index is 6.50. The van der Waals surface area contributed by atoms with Crippen molar-refractivity contribution in [3.63, 3.8) is 0 Å². The van der Waals surface area contributed by atoms with E-state index in [4.69, 9.17) is 31.6 Å². The molecule has 0 aromatic rings. The minimum Gasteiger partial charge on any atom is -1.00 e. The molecule has 0 aliphatic heterocycles. The topological polar surface area (TPSA) is 143 Å². The first-order valence-electron chi connectivity index (χ1n) is 1.55. The van der Waals surface area contributed by atoms with Gasteiger partial charge in [0.05, 0.1) is 0 Å². The third-order valence-electron chi connectivity index (χ3n) is 0.